The minimum absolute atomic E-state index is 0.00298. The van der Waals surface area contributed by atoms with Gasteiger partial charge in [-0.1, -0.05) is 51.0 Å². The van der Waals surface area contributed by atoms with Crippen molar-refractivity contribution in [3.05, 3.63) is 81.7 Å². The molecule has 0 aliphatic rings. The Morgan fingerprint density at radius 1 is 1.18 bits per heavy atom. The molecule has 4 aromatic rings. The van der Waals surface area contributed by atoms with Crippen molar-refractivity contribution in [1.82, 2.24) is 4.98 Å². The molecule has 4 rings (SSSR count). The normalized spacial score (nSPS) is 11.1. The second-order valence-corrected chi connectivity index (χ2v) is 8.70. The van der Waals surface area contributed by atoms with Gasteiger partial charge in [0.05, 0.1) is 29.4 Å². The predicted octanol–water partition coefficient (Wildman–Crippen LogP) is 6.04. The fraction of sp³-hybridized carbons (Fsp3) is 0.182. The molecule has 0 atom stereocenters. The van der Waals surface area contributed by atoms with Crippen molar-refractivity contribution < 1.29 is 9.21 Å². The third-order valence-corrected chi connectivity index (χ3v) is 6.15. The molecule has 0 unspecified atom stereocenters. The molecule has 0 radical (unpaired) electrons. The highest BCUT2D eigenvalue weighted by Gasteiger charge is 2.22. The van der Waals surface area contributed by atoms with E-state index in [9.17, 15) is 4.79 Å². The highest BCUT2D eigenvalue weighted by molar-refractivity contribution is 9.10. The van der Waals surface area contributed by atoms with Crippen LogP contribution in [0.5, 0.6) is 0 Å². The molecule has 0 saturated carbocycles. The average molecular weight is 455 g/mol. The second kappa shape index (κ2) is 7.89. The second-order valence-electron chi connectivity index (χ2n) is 6.77. The van der Waals surface area contributed by atoms with Crippen LogP contribution < -0.4 is 4.90 Å². The number of amides is 1. The van der Waals surface area contributed by atoms with Gasteiger partial charge in [0.25, 0.3) is 0 Å². The summed E-state index contributed by atoms with van der Waals surface area (Å²) < 4.78 is 7.53. The van der Waals surface area contributed by atoms with Gasteiger partial charge in [0.2, 0.25) is 5.91 Å². The molecule has 0 saturated heterocycles. The summed E-state index contributed by atoms with van der Waals surface area (Å²) in [4.78, 5) is 19.7. The summed E-state index contributed by atoms with van der Waals surface area (Å²) in [6.07, 6.45) is 1.95. The van der Waals surface area contributed by atoms with Gasteiger partial charge in [0.15, 0.2) is 5.13 Å². The Kier molecular flexibility index (Phi) is 5.33. The lowest BCUT2D eigenvalue weighted by Gasteiger charge is -2.19. The molecule has 2 heterocycles. The zero-order chi connectivity index (χ0) is 19.7. The molecule has 2 aromatic heterocycles. The number of aromatic nitrogens is 1. The lowest BCUT2D eigenvalue weighted by atomic mass is 10.0. The number of nitrogens with zero attached hydrogens (tertiary/aromatic N) is 2. The largest absolute Gasteiger partial charge is 0.467 e. The molecule has 2 aromatic carbocycles. The first kappa shape index (κ1) is 18.9. The molecule has 0 spiro atoms. The summed E-state index contributed by atoms with van der Waals surface area (Å²) in [6.45, 7) is 4.44. The third kappa shape index (κ3) is 4.03. The monoisotopic (exact) mass is 454 g/mol. The standard InChI is InChI=1S/C22H19BrN2O2S/c1-14-5-6-15(2)16(10-14)11-21(26)25(13-18-4-3-9-27-18)22-24-19-8-7-17(23)12-20(19)28-22/h3-10,12H,11,13H2,1-2H3. The van der Waals surface area contributed by atoms with Gasteiger partial charge in [-0.25, -0.2) is 4.98 Å². The summed E-state index contributed by atoms with van der Waals surface area (Å²) in [5.74, 6) is 0.734. The maximum atomic E-state index is 13.3. The lowest BCUT2D eigenvalue weighted by molar-refractivity contribution is -0.118. The Bertz CT molecular complexity index is 1130. The smallest absolute Gasteiger partial charge is 0.233 e. The van der Waals surface area contributed by atoms with Crippen molar-refractivity contribution >= 4 is 48.5 Å². The maximum absolute atomic E-state index is 13.3. The molecule has 142 valence electrons. The number of furan rings is 1. The molecule has 0 bridgehead atoms. The lowest BCUT2D eigenvalue weighted by Crippen LogP contribution is -2.31. The minimum atomic E-state index is 0.00298. The number of thiazole rings is 1. The van der Waals surface area contributed by atoms with Crippen LogP contribution in [0.1, 0.15) is 22.5 Å². The summed E-state index contributed by atoms with van der Waals surface area (Å²) in [7, 11) is 0. The van der Waals surface area contributed by atoms with Crippen LogP contribution in [0.25, 0.3) is 10.2 Å². The van der Waals surface area contributed by atoms with E-state index >= 15 is 0 Å². The molecule has 0 aliphatic carbocycles. The Morgan fingerprint density at radius 3 is 2.82 bits per heavy atom. The first-order chi connectivity index (χ1) is 13.5. The quantitative estimate of drug-likeness (QED) is 0.368. The maximum Gasteiger partial charge on any atom is 0.233 e. The van der Waals surface area contributed by atoms with E-state index in [2.05, 4.69) is 34.1 Å². The molecule has 0 N–H and O–H groups in total. The summed E-state index contributed by atoms with van der Waals surface area (Å²) in [5.41, 5.74) is 4.19. The topological polar surface area (TPSA) is 46.3 Å². The number of hydrogen-bond donors (Lipinski definition) is 0. The van der Waals surface area contributed by atoms with E-state index in [1.807, 2.05) is 44.2 Å². The van der Waals surface area contributed by atoms with Crippen molar-refractivity contribution in [2.24, 2.45) is 0 Å². The highest BCUT2D eigenvalue weighted by atomic mass is 79.9. The molecule has 0 aliphatic heterocycles. The van der Waals surface area contributed by atoms with Gasteiger partial charge >= 0.3 is 0 Å². The van der Waals surface area contributed by atoms with Crippen LogP contribution in [0.3, 0.4) is 0 Å². The van der Waals surface area contributed by atoms with E-state index in [1.165, 1.54) is 11.3 Å². The average Bonchev–Trinajstić information content (AvgIpc) is 3.31. The SMILES string of the molecule is Cc1ccc(C)c(CC(=O)N(Cc2ccco2)c2nc3ccc(Br)cc3s2)c1. The Morgan fingerprint density at radius 2 is 2.04 bits per heavy atom. The van der Waals surface area contributed by atoms with Crippen molar-refractivity contribution in [2.75, 3.05) is 4.90 Å². The number of aryl methyl sites for hydroxylation is 2. The molecular formula is C22H19BrN2O2S. The van der Waals surface area contributed by atoms with Gasteiger partial charge in [0.1, 0.15) is 5.76 Å². The number of hydrogen-bond acceptors (Lipinski definition) is 4. The number of halogens is 1. The molecule has 6 heteroatoms. The Balaban J connectivity index is 1.69. The zero-order valence-electron chi connectivity index (χ0n) is 15.6. The van der Waals surface area contributed by atoms with Crippen LogP contribution in [-0.2, 0) is 17.8 Å². The van der Waals surface area contributed by atoms with Gasteiger partial charge in [-0.05, 0) is 55.3 Å². The molecule has 4 nitrogen and oxygen atoms in total. The van der Waals surface area contributed by atoms with Crippen LogP contribution in [0.15, 0.2) is 63.7 Å². The number of rotatable bonds is 5. The molecule has 0 fully saturated rings. The van der Waals surface area contributed by atoms with E-state index in [0.717, 1.165) is 37.1 Å². The summed E-state index contributed by atoms with van der Waals surface area (Å²) in [5, 5.41) is 0.680. The van der Waals surface area contributed by atoms with Gasteiger partial charge < -0.3 is 4.42 Å². The van der Waals surface area contributed by atoms with Crippen molar-refractivity contribution in [1.29, 1.82) is 0 Å². The van der Waals surface area contributed by atoms with Crippen molar-refractivity contribution in [3.63, 3.8) is 0 Å². The Hall–Kier alpha value is -2.44. The van der Waals surface area contributed by atoms with Crippen LogP contribution in [0.2, 0.25) is 0 Å². The first-order valence-electron chi connectivity index (χ1n) is 8.94. The predicted molar refractivity (Wildman–Crippen MR) is 117 cm³/mol. The van der Waals surface area contributed by atoms with Crippen LogP contribution in [0.4, 0.5) is 5.13 Å². The van der Waals surface area contributed by atoms with Gasteiger partial charge in [-0.2, -0.15) is 0 Å². The summed E-state index contributed by atoms with van der Waals surface area (Å²) in [6, 6.07) is 15.9. The number of carbonyl (C=O) groups excluding carboxylic acids is 1. The van der Waals surface area contributed by atoms with Gasteiger partial charge in [-0.15, -0.1) is 0 Å². The van der Waals surface area contributed by atoms with Gasteiger partial charge in [0, 0.05) is 4.47 Å². The van der Waals surface area contributed by atoms with Crippen molar-refractivity contribution in [3.8, 4) is 0 Å². The number of carbonyl (C=O) groups is 1. The molecular weight excluding hydrogens is 436 g/mol. The first-order valence-corrected chi connectivity index (χ1v) is 10.6. The molecule has 28 heavy (non-hydrogen) atoms. The number of fused-ring (bicyclic) bond motifs is 1. The van der Waals surface area contributed by atoms with E-state index in [0.29, 0.717) is 18.1 Å². The van der Waals surface area contributed by atoms with Crippen LogP contribution in [0, 0.1) is 13.8 Å². The Labute approximate surface area is 175 Å². The minimum Gasteiger partial charge on any atom is -0.467 e. The number of benzene rings is 2. The van der Waals surface area contributed by atoms with E-state index in [1.54, 1.807) is 11.2 Å². The highest BCUT2D eigenvalue weighted by Crippen LogP contribution is 2.32. The van der Waals surface area contributed by atoms with Crippen LogP contribution >= 0.6 is 27.3 Å². The fourth-order valence-corrected chi connectivity index (χ4v) is 4.61. The van der Waals surface area contributed by atoms with Crippen molar-refractivity contribution in [2.45, 2.75) is 26.8 Å². The number of anilines is 1. The van der Waals surface area contributed by atoms with Gasteiger partial charge in [-0.3, -0.25) is 9.69 Å². The fourth-order valence-electron chi connectivity index (χ4n) is 3.07. The van der Waals surface area contributed by atoms with E-state index in [-0.39, 0.29) is 5.91 Å². The summed E-state index contributed by atoms with van der Waals surface area (Å²) >= 11 is 5.01. The molecule has 1 amide bonds. The zero-order valence-corrected chi connectivity index (χ0v) is 18.0. The van der Waals surface area contributed by atoms with Crippen LogP contribution in [-0.4, -0.2) is 10.9 Å². The van der Waals surface area contributed by atoms with E-state index < -0.39 is 0 Å². The third-order valence-electron chi connectivity index (χ3n) is 4.61. The van der Waals surface area contributed by atoms with E-state index in [4.69, 9.17) is 9.40 Å².